The molecule has 0 aliphatic carbocycles. The number of anilines is 1. The van der Waals surface area contributed by atoms with Crippen LogP contribution in [0.4, 0.5) is 5.69 Å². The van der Waals surface area contributed by atoms with Gasteiger partial charge in [0.2, 0.25) is 0 Å². The Balaban J connectivity index is 1.36. The second-order valence-electron chi connectivity index (χ2n) is 8.35. The molecule has 2 saturated heterocycles. The lowest BCUT2D eigenvalue weighted by Gasteiger charge is -2.23. The summed E-state index contributed by atoms with van der Waals surface area (Å²) < 4.78 is 7.44. The Morgan fingerprint density at radius 1 is 1.23 bits per heavy atom. The summed E-state index contributed by atoms with van der Waals surface area (Å²) in [6.07, 6.45) is 6.47. The molecule has 0 saturated carbocycles. The van der Waals surface area contributed by atoms with E-state index in [0.717, 1.165) is 57.4 Å². The standard InChI is InChI=1S/C23H34N6O/c1-4-24-23(29-12-10-19(17-29)20-14-26-27(2)16-20)25-13-18-9-11-28(15-18)21-7-5-6-8-22(21)30-3/h5-8,14,16,18-19H,4,9-13,15,17H2,1-3H3,(H,24,25). The van der Waals surface area contributed by atoms with Gasteiger partial charge in [-0.15, -0.1) is 0 Å². The highest BCUT2D eigenvalue weighted by atomic mass is 16.5. The number of benzene rings is 1. The number of guanidine groups is 1. The molecule has 7 nitrogen and oxygen atoms in total. The molecule has 2 aliphatic heterocycles. The topological polar surface area (TPSA) is 57.9 Å². The number of rotatable bonds is 6. The van der Waals surface area contributed by atoms with Crippen molar-refractivity contribution in [3.8, 4) is 5.75 Å². The SMILES string of the molecule is CCNC(=NCC1CCN(c2ccccc2OC)C1)N1CCC(c2cnn(C)c2)C1. The van der Waals surface area contributed by atoms with Gasteiger partial charge in [0.25, 0.3) is 0 Å². The third kappa shape index (κ3) is 4.55. The van der Waals surface area contributed by atoms with E-state index >= 15 is 0 Å². The van der Waals surface area contributed by atoms with Crippen molar-refractivity contribution in [1.82, 2.24) is 20.0 Å². The molecule has 1 aromatic carbocycles. The van der Waals surface area contributed by atoms with Crippen LogP contribution >= 0.6 is 0 Å². The zero-order chi connectivity index (χ0) is 20.9. The van der Waals surface area contributed by atoms with Gasteiger partial charge in [0.1, 0.15) is 5.75 Å². The van der Waals surface area contributed by atoms with Crippen molar-refractivity contribution in [1.29, 1.82) is 0 Å². The van der Waals surface area contributed by atoms with Crippen molar-refractivity contribution in [2.45, 2.75) is 25.7 Å². The Hall–Kier alpha value is -2.70. The summed E-state index contributed by atoms with van der Waals surface area (Å²) in [5.41, 5.74) is 2.52. The molecule has 3 heterocycles. The Labute approximate surface area is 179 Å². The average Bonchev–Trinajstić information content (AvgIpc) is 3.51. The van der Waals surface area contributed by atoms with Gasteiger partial charge in [-0.05, 0) is 43.4 Å². The predicted molar refractivity (Wildman–Crippen MR) is 121 cm³/mol. The second-order valence-corrected chi connectivity index (χ2v) is 8.35. The normalized spacial score (nSPS) is 22.0. The smallest absolute Gasteiger partial charge is 0.193 e. The van der Waals surface area contributed by atoms with Crippen LogP contribution in [0.3, 0.4) is 0 Å². The summed E-state index contributed by atoms with van der Waals surface area (Å²) in [7, 11) is 3.73. The summed E-state index contributed by atoms with van der Waals surface area (Å²) >= 11 is 0. The zero-order valence-corrected chi connectivity index (χ0v) is 18.4. The van der Waals surface area contributed by atoms with E-state index in [1.165, 1.54) is 17.7 Å². The van der Waals surface area contributed by atoms with Crippen molar-refractivity contribution >= 4 is 11.6 Å². The van der Waals surface area contributed by atoms with Crippen LogP contribution < -0.4 is 15.0 Å². The number of methoxy groups -OCH3 is 1. The van der Waals surface area contributed by atoms with Gasteiger partial charge in [0.05, 0.1) is 19.0 Å². The van der Waals surface area contributed by atoms with Gasteiger partial charge < -0.3 is 19.9 Å². The molecule has 1 N–H and O–H groups in total. The first-order valence-corrected chi connectivity index (χ1v) is 11.1. The van der Waals surface area contributed by atoms with Crippen molar-refractivity contribution in [2.75, 3.05) is 51.3 Å². The molecular formula is C23H34N6O. The highest BCUT2D eigenvalue weighted by molar-refractivity contribution is 5.80. The summed E-state index contributed by atoms with van der Waals surface area (Å²) in [6.45, 7) is 8.04. The molecule has 1 aromatic heterocycles. The maximum Gasteiger partial charge on any atom is 0.193 e. The van der Waals surface area contributed by atoms with E-state index in [-0.39, 0.29) is 0 Å². The van der Waals surface area contributed by atoms with Crippen LogP contribution in [0.2, 0.25) is 0 Å². The Kier molecular flexibility index (Phi) is 6.45. The molecule has 2 atom stereocenters. The highest BCUT2D eigenvalue weighted by Gasteiger charge is 2.28. The lowest BCUT2D eigenvalue weighted by Crippen LogP contribution is -2.40. The number of nitrogens with zero attached hydrogens (tertiary/aromatic N) is 5. The number of ether oxygens (including phenoxy) is 1. The minimum Gasteiger partial charge on any atom is -0.495 e. The number of hydrogen-bond acceptors (Lipinski definition) is 4. The van der Waals surface area contributed by atoms with Gasteiger partial charge in [-0.2, -0.15) is 5.10 Å². The molecule has 0 spiro atoms. The lowest BCUT2D eigenvalue weighted by molar-refractivity contribution is 0.414. The Bertz CT molecular complexity index is 863. The van der Waals surface area contributed by atoms with Crippen LogP contribution in [-0.2, 0) is 7.05 Å². The number of aryl methyl sites for hydroxylation is 1. The number of likely N-dealkylation sites (tertiary alicyclic amines) is 1. The number of para-hydroxylation sites is 2. The molecule has 2 aromatic rings. The summed E-state index contributed by atoms with van der Waals surface area (Å²) in [6, 6.07) is 8.30. The van der Waals surface area contributed by atoms with Crippen LogP contribution in [0.5, 0.6) is 5.75 Å². The number of aromatic nitrogens is 2. The highest BCUT2D eigenvalue weighted by Crippen LogP contribution is 2.32. The fraction of sp³-hybridized carbons (Fsp3) is 0.565. The first-order valence-electron chi connectivity index (χ1n) is 11.1. The summed E-state index contributed by atoms with van der Waals surface area (Å²) in [4.78, 5) is 9.88. The largest absolute Gasteiger partial charge is 0.495 e. The van der Waals surface area contributed by atoms with E-state index in [1.807, 2.05) is 30.1 Å². The first-order chi connectivity index (χ1) is 14.7. The minimum absolute atomic E-state index is 0.537. The fourth-order valence-corrected chi connectivity index (χ4v) is 4.61. The predicted octanol–water partition coefficient (Wildman–Crippen LogP) is 2.71. The maximum atomic E-state index is 5.55. The molecule has 2 fully saturated rings. The van der Waals surface area contributed by atoms with Gasteiger partial charge in [-0.1, -0.05) is 12.1 Å². The lowest BCUT2D eigenvalue weighted by atomic mass is 10.0. The number of aliphatic imine (C=N–C) groups is 1. The van der Waals surface area contributed by atoms with Crippen molar-refractivity contribution < 1.29 is 4.74 Å². The summed E-state index contributed by atoms with van der Waals surface area (Å²) in [5.74, 6) is 3.11. The molecule has 4 rings (SSSR count). The molecule has 0 bridgehead atoms. The zero-order valence-electron chi connectivity index (χ0n) is 18.4. The minimum atomic E-state index is 0.537. The van der Waals surface area contributed by atoms with Gasteiger partial charge >= 0.3 is 0 Å². The second kappa shape index (κ2) is 9.41. The molecule has 7 heteroatoms. The van der Waals surface area contributed by atoms with Gasteiger partial charge in [-0.25, -0.2) is 0 Å². The summed E-state index contributed by atoms with van der Waals surface area (Å²) in [5, 5.41) is 7.85. The molecule has 162 valence electrons. The molecular weight excluding hydrogens is 376 g/mol. The van der Waals surface area contributed by atoms with Crippen LogP contribution in [-0.4, -0.2) is 67.0 Å². The van der Waals surface area contributed by atoms with Crippen molar-refractivity contribution in [2.24, 2.45) is 18.0 Å². The number of hydrogen-bond donors (Lipinski definition) is 1. The third-order valence-corrected chi connectivity index (χ3v) is 6.23. The van der Waals surface area contributed by atoms with Crippen LogP contribution in [0, 0.1) is 5.92 Å². The van der Waals surface area contributed by atoms with Gasteiger partial charge in [-0.3, -0.25) is 9.67 Å². The van der Waals surface area contributed by atoms with E-state index in [9.17, 15) is 0 Å². The molecule has 2 aliphatic rings. The van der Waals surface area contributed by atoms with Crippen molar-refractivity contribution in [3.05, 3.63) is 42.2 Å². The molecule has 30 heavy (non-hydrogen) atoms. The van der Waals surface area contributed by atoms with Crippen LogP contribution in [0.25, 0.3) is 0 Å². The number of nitrogens with one attached hydrogen (secondary N) is 1. The van der Waals surface area contributed by atoms with Gasteiger partial charge in [0, 0.05) is 58.4 Å². The maximum absolute atomic E-state index is 5.55. The van der Waals surface area contributed by atoms with E-state index in [1.54, 1.807) is 7.11 Å². The van der Waals surface area contributed by atoms with E-state index in [0.29, 0.717) is 11.8 Å². The fourth-order valence-electron chi connectivity index (χ4n) is 4.61. The Morgan fingerprint density at radius 2 is 2.10 bits per heavy atom. The van der Waals surface area contributed by atoms with Gasteiger partial charge in [0.15, 0.2) is 5.96 Å². The first kappa shape index (κ1) is 20.6. The molecule has 0 radical (unpaired) electrons. The van der Waals surface area contributed by atoms with Crippen molar-refractivity contribution in [3.63, 3.8) is 0 Å². The Morgan fingerprint density at radius 3 is 2.87 bits per heavy atom. The van der Waals surface area contributed by atoms with E-state index in [4.69, 9.17) is 9.73 Å². The molecule has 0 amide bonds. The van der Waals surface area contributed by atoms with Crippen LogP contribution in [0.15, 0.2) is 41.7 Å². The third-order valence-electron chi connectivity index (χ3n) is 6.23. The average molecular weight is 411 g/mol. The van der Waals surface area contributed by atoms with E-state index < -0.39 is 0 Å². The quantitative estimate of drug-likeness (QED) is 0.586. The molecule has 2 unspecified atom stereocenters. The van der Waals surface area contributed by atoms with E-state index in [2.05, 4.69) is 45.5 Å². The monoisotopic (exact) mass is 410 g/mol. The van der Waals surface area contributed by atoms with Crippen LogP contribution in [0.1, 0.15) is 31.2 Å².